The van der Waals surface area contributed by atoms with Crippen LogP contribution in [0, 0.1) is 0 Å². The molecular formula is C23H24BrClO5. The van der Waals surface area contributed by atoms with Gasteiger partial charge in [0, 0.05) is 33.5 Å². The molecule has 5 nitrogen and oxygen atoms in total. The van der Waals surface area contributed by atoms with Gasteiger partial charge in [0.15, 0.2) is 0 Å². The minimum atomic E-state index is -0.306. The molecule has 7 heteroatoms. The molecule has 0 saturated carbocycles. The number of hydrogen-bond acceptors (Lipinski definition) is 5. The van der Waals surface area contributed by atoms with Crippen LogP contribution in [-0.4, -0.2) is 19.7 Å². The lowest BCUT2D eigenvalue weighted by atomic mass is 10.0. The molecule has 0 bridgehead atoms. The van der Waals surface area contributed by atoms with E-state index >= 15 is 0 Å². The van der Waals surface area contributed by atoms with Crippen LogP contribution >= 0.6 is 27.5 Å². The monoisotopic (exact) mass is 494 g/mol. The molecule has 0 atom stereocenters. The first-order valence-electron chi connectivity index (χ1n) is 9.69. The van der Waals surface area contributed by atoms with E-state index in [-0.39, 0.29) is 24.9 Å². The molecule has 3 aromatic rings. The fourth-order valence-electron chi connectivity index (χ4n) is 3.27. The van der Waals surface area contributed by atoms with Crippen LogP contribution < -0.4 is 9.47 Å². The van der Waals surface area contributed by atoms with E-state index in [0.29, 0.717) is 23.1 Å². The molecule has 0 aliphatic rings. The van der Waals surface area contributed by atoms with Gasteiger partial charge < -0.3 is 18.6 Å². The fraction of sp³-hybridized carbons (Fsp3) is 0.348. The number of ether oxygens (including phenoxy) is 3. The van der Waals surface area contributed by atoms with Crippen molar-refractivity contribution in [1.29, 1.82) is 0 Å². The van der Waals surface area contributed by atoms with Gasteiger partial charge in [-0.2, -0.15) is 0 Å². The molecule has 2 aromatic carbocycles. The van der Waals surface area contributed by atoms with Crippen LogP contribution in [0.4, 0.5) is 0 Å². The molecule has 3 rings (SSSR count). The number of hydrogen-bond donors (Lipinski definition) is 0. The first-order chi connectivity index (χ1) is 14.3. The Hall–Kier alpha value is -2.18. The minimum Gasteiger partial charge on any atom is -0.497 e. The van der Waals surface area contributed by atoms with Gasteiger partial charge in [-0.3, -0.25) is 4.79 Å². The number of carbonyl (C=O) groups is 1. The third kappa shape index (κ3) is 4.93. The molecule has 30 heavy (non-hydrogen) atoms. The summed E-state index contributed by atoms with van der Waals surface area (Å²) in [6.07, 6.45) is 0.119. The Balaban J connectivity index is 1.97. The summed E-state index contributed by atoms with van der Waals surface area (Å²) in [4.78, 5) is 12.0. The summed E-state index contributed by atoms with van der Waals surface area (Å²) in [5.41, 5.74) is 2.39. The van der Waals surface area contributed by atoms with E-state index in [2.05, 4.69) is 29.8 Å². The molecule has 1 aromatic heterocycles. The van der Waals surface area contributed by atoms with Gasteiger partial charge in [-0.1, -0.05) is 31.5 Å². The lowest BCUT2D eigenvalue weighted by Crippen LogP contribution is -2.09. The van der Waals surface area contributed by atoms with Crippen LogP contribution in [0.1, 0.15) is 43.6 Å². The molecule has 0 saturated heterocycles. The van der Waals surface area contributed by atoms with Crippen molar-refractivity contribution in [2.75, 3.05) is 13.7 Å². The molecule has 0 N–H and O–H groups in total. The lowest BCUT2D eigenvalue weighted by molar-refractivity contribution is -0.142. The Morgan fingerprint density at radius 2 is 2.00 bits per heavy atom. The highest BCUT2D eigenvalue weighted by molar-refractivity contribution is 9.10. The van der Waals surface area contributed by atoms with Crippen LogP contribution in [0.5, 0.6) is 11.5 Å². The van der Waals surface area contributed by atoms with Crippen LogP contribution in [-0.2, 0) is 22.6 Å². The van der Waals surface area contributed by atoms with Gasteiger partial charge >= 0.3 is 5.97 Å². The van der Waals surface area contributed by atoms with Crippen molar-refractivity contribution >= 4 is 44.5 Å². The van der Waals surface area contributed by atoms with Crippen molar-refractivity contribution < 1.29 is 23.4 Å². The Morgan fingerprint density at radius 1 is 1.23 bits per heavy atom. The smallest absolute Gasteiger partial charge is 0.310 e. The number of rotatable bonds is 8. The Kier molecular flexibility index (Phi) is 7.32. The maximum atomic E-state index is 12.0. The second-order valence-corrected chi connectivity index (χ2v) is 8.40. The normalized spacial score (nSPS) is 11.2. The largest absolute Gasteiger partial charge is 0.497 e. The van der Waals surface area contributed by atoms with Gasteiger partial charge in [0.25, 0.3) is 0 Å². The first-order valence-corrected chi connectivity index (χ1v) is 10.9. The molecule has 0 unspecified atom stereocenters. The average Bonchev–Trinajstić information content (AvgIpc) is 3.06. The number of methoxy groups -OCH3 is 1. The van der Waals surface area contributed by atoms with Gasteiger partial charge in [-0.25, -0.2) is 0 Å². The molecule has 0 radical (unpaired) electrons. The molecule has 0 fully saturated rings. The van der Waals surface area contributed by atoms with Crippen LogP contribution in [0.15, 0.2) is 39.2 Å². The van der Waals surface area contributed by atoms with E-state index in [1.165, 1.54) is 0 Å². The summed E-state index contributed by atoms with van der Waals surface area (Å²) in [5.74, 6) is 1.89. The summed E-state index contributed by atoms with van der Waals surface area (Å²) in [7, 11) is 1.59. The third-order valence-electron chi connectivity index (χ3n) is 4.65. The Labute approximate surface area is 189 Å². The molecule has 1 heterocycles. The van der Waals surface area contributed by atoms with Crippen molar-refractivity contribution in [1.82, 2.24) is 0 Å². The number of halogens is 2. The van der Waals surface area contributed by atoms with E-state index in [4.69, 9.17) is 30.2 Å². The van der Waals surface area contributed by atoms with Gasteiger partial charge in [-0.05, 0) is 41.1 Å². The standard InChI is InChI=1S/C23H24BrClO5/c1-5-28-21(26)8-14-6-7-16(27-4)11-20(14)29-12-18-17-9-15(25)10-19(24)23(17)30-22(18)13(2)3/h6-7,9-11,13H,5,8,12H2,1-4H3. The van der Waals surface area contributed by atoms with Crippen molar-refractivity contribution in [3.8, 4) is 11.5 Å². The SMILES string of the molecule is CCOC(=O)Cc1ccc(OC)cc1OCc1c(C(C)C)oc2c(Br)cc(Cl)cc12. The molecule has 160 valence electrons. The lowest BCUT2D eigenvalue weighted by Gasteiger charge is -2.14. The van der Waals surface area contributed by atoms with Crippen molar-refractivity contribution in [2.24, 2.45) is 0 Å². The summed E-state index contributed by atoms with van der Waals surface area (Å²) < 4.78 is 23.5. The summed E-state index contributed by atoms with van der Waals surface area (Å²) in [5, 5.41) is 1.50. The quantitative estimate of drug-likeness (QED) is 0.327. The van der Waals surface area contributed by atoms with Gasteiger partial charge in [0.1, 0.15) is 29.4 Å². The van der Waals surface area contributed by atoms with Crippen LogP contribution in [0.2, 0.25) is 5.02 Å². The maximum Gasteiger partial charge on any atom is 0.310 e. The van der Waals surface area contributed by atoms with Crippen molar-refractivity contribution in [3.05, 3.63) is 56.7 Å². The van der Waals surface area contributed by atoms with Crippen LogP contribution in [0.25, 0.3) is 11.0 Å². The molecule has 0 aliphatic carbocycles. The van der Waals surface area contributed by atoms with Gasteiger partial charge in [-0.15, -0.1) is 0 Å². The van der Waals surface area contributed by atoms with Gasteiger partial charge in [0.05, 0.1) is 24.6 Å². The molecular weight excluding hydrogens is 472 g/mol. The van der Waals surface area contributed by atoms with E-state index in [1.807, 2.05) is 18.2 Å². The molecule has 0 spiro atoms. The second kappa shape index (κ2) is 9.75. The summed E-state index contributed by atoms with van der Waals surface area (Å²) >= 11 is 9.80. The van der Waals surface area contributed by atoms with Crippen molar-refractivity contribution in [3.63, 3.8) is 0 Å². The predicted octanol–water partition coefficient (Wildman–Crippen LogP) is 6.67. The predicted molar refractivity (Wildman–Crippen MR) is 121 cm³/mol. The van der Waals surface area contributed by atoms with Crippen molar-refractivity contribution in [2.45, 2.75) is 39.7 Å². The zero-order valence-electron chi connectivity index (χ0n) is 17.4. The number of carbonyl (C=O) groups excluding carboxylic acids is 1. The highest BCUT2D eigenvalue weighted by atomic mass is 79.9. The summed E-state index contributed by atoms with van der Waals surface area (Å²) in [6.45, 7) is 6.50. The first kappa shape index (κ1) is 22.5. The van der Waals surface area contributed by atoms with E-state index in [0.717, 1.165) is 32.3 Å². The van der Waals surface area contributed by atoms with Crippen LogP contribution in [0.3, 0.4) is 0 Å². The Bertz CT molecular complexity index is 1060. The third-order valence-corrected chi connectivity index (χ3v) is 5.46. The van der Waals surface area contributed by atoms with Gasteiger partial charge in [0.2, 0.25) is 0 Å². The second-order valence-electron chi connectivity index (χ2n) is 7.11. The zero-order chi connectivity index (χ0) is 21.8. The Morgan fingerprint density at radius 3 is 2.67 bits per heavy atom. The van der Waals surface area contributed by atoms with E-state index in [9.17, 15) is 4.79 Å². The fourth-order valence-corrected chi connectivity index (χ4v) is 4.16. The maximum absolute atomic E-state index is 12.0. The average molecular weight is 496 g/mol. The zero-order valence-corrected chi connectivity index (χ0v) is 19.7. The number of benzene rings is 2. The van der Waals surface area contributed by atoms with E-state index < -0.39 is 0 Å². The number of furan rings is 1. The molecule has 0 amide bonds. The topological polar surface area (TPSA) is 57.9 Å². The highest BCUT2D eigenvalue weighted by Gasteiger charge is 2.21. The minimum absolute atomic E-state index is 0.119. The highest BCUT2D eigenvalue weighted by Crippen LogP contribution is 2.38. The molecule has 0 aliphatic heterocycles. The number of esters is 1. The summed E-state index contributed by atoms with van der Waals surface area (Å²) in [6, 6.07) is 9.07. The number of fused-ring (bicyclic) bond motifs is 1. The van der Waals surface area contributed by atoms with E-state index in [1.54, 1.807) is 26.2 Å².